The van der Waals surface area contributed by atoms with Gasteiger partial charge in [0.05, 0.1) is 7.11 Å². The molecule has 2 N–H and O–H groups in total. The van der Waals surface area contributed by atoms with Gasteiger partial charge in [0.25, 0.3) is 0 Å². The molecule has 0 unspecified atom stereocenters. The smallest absolute Gasteiger partial charge is 0.191 e. The largest absolute Gasteiger partial charge is 0.496 e. The third-order valence-electron chi connectivity index (χ3n) is 4.40. The number of methoxy groups -OCH3 is 1. The van der Waals surface area contributed by atoms with Gasteiger partial charge >= 0.3 is 0 Å². The lowest BCUT2D eigenvalue weighted by atomic mass is 10.1. The van der Waals surface area contributed by atoms with Crippen LogP contribution in [0.5, 0.6) is 5.75 Å². The van der Waals surface area contributed by atoms with E-state index >= 15 is 0 Å². The molecule has 2 rings (SSSR count). The Kier molecular flexibility index (Phi) is 9.27. The lowest BCUT2D eigenvalue weighted by Crippen LogP contribution is -2.39. The van der Waals surface area contributed by atoms with Crippen molar-refractivity contribution >= 4 is 5.96 Å². The summed E-state index contributed by atoms with van der Waals surface area (Å²) in [4.78, 5) is 4.66. The predicted molar refractivity (Wildman–Crippen MR) is 111 cm³/mol. The van der Waals surface area contributed by atoms with E-state index in [0.717, 1.165) is 68.1 Å². The van der Waals surface area contributed by atoms with E-state index in [-0.39, 0.29) is 0 Å². The van der Waals surface area contributed by atoms with Crippen LogP contribution in [-0.2, 0) is 24.8 Å². The number of rotatable bonds is 11. The van der Waals surface area contributed by atoms with Crippen molar-refractivity contribution in [2.24, 2.45) is 12.0 Å². The Morgan fingerprint density at radius 1 is 1.18 bits per heavy atom. The Balaban J connectivity index is 1.92. The summed E-state index contributed by atoms with van der Waals surface area (Å²) in [6.07, 6.45) is 1.76. The van der Waals surface area contributed by atoms with E-state index in [9.17, 15) is 0 Å². The van der Waals surface area contributed by atoms with Crippen LogP contribution in [-0.4, -0.2) is 54.1 Å². The second-order valence-corrected chi connectivity index (χ2v) is 6.35. The van der Waals surface area contributed by atoms with Gasteiger partial charge < -0.3 is 24.7 Å². The van der Waals surface area contributed by atoms with Gasteiger partial charge in [-0.1, -0.05) is 18.2 Å². The first-order valence-corrected chi connectivity index (χ1v) is 9.72. The van der Waals surface area contributed by atoms with Crippen molar-refractivity contribution in [2.45, 2.75) is 33.2 Å². The summed E-state index contributed by atoms with van der Waals surface area (Å²) in [5.41, 5.74) is 1.16. The molecule has 0 atom stereocenters. The maximum atomic E-state index is 5.42. The number of hydrogen-bond donors (Lipinski definition) is 2. The average Bonchev–Trinajstić information content (AvgIpc) is 3.03. The summed E-state index contributed by atoms with van der Waals surface area (Å²) in [5, 5.41) is 15.0. The van der Waals surface area contributed by atoms with Gasteiger partial charge in [0, 0.05) is 33.4 Å². The van der Waals surface area contributed by atoms with E-state index < -0.39 is 0 Å². The van der Waals surface area contributed by atoms with Crippen molar-refractivity contribution in [2.75, 3.05) is 33.4 Å². The summed E-state index contributed by atoms with van der Waals surface area (Å²) in [7, 11) is 3.65. The van der Waals surface area contributed by atoms with Crippen molar-refractivity contribution < 1.29 is 9.47 Å². The van der Waals surface area contributed by atoms with E-state index in [1.165, 1.54) is 0 Å². The number of nitrogens with one attached hydrogen (secondary N) is 2. The van der Waals surface area contributed by atoms with Crippen molar-refractivity contribution in [1.82, 2.24) is 25.4 Å². The predicted octanol–water partition coefficient (Wildman–Crippen LogP) is 1.84. The quantitative estimate of drug-likeness (QED) is 0.347. The molecule has 0 aliphatic rings. The Labute approximate surface area is 167 Å². The molecule has 0 fully saturated rings. The number of hydrogen-bond acceptors (Lipinski definition) is 5. The first-order chi connectivity index (χ1) is 13.7. The molecule has 154 valence electrons. The molecule has 0 bridgehead atoms. The zero-order valence-corrected chi connectivity index (χ0v) is 17.4. The third-order valence-corrected chi connectivity index (χ3v) is 4.40. The number of para-hydroxylation sites is 1. The summed E-state index contributed by atoms with van der Waals surface area (Å²) in [6, 6.07) is 8.06. The molecule has 2 aromatic rings. The lowest BCUT2D eigenvalue weighted by Gasteiger charge is -2.14. The summed E-state index contributed by atoms with van der Waals surface area (Å²) < 4.78 is 12.8. The van der Waals surface area contributed by atoms with Gasteiger partial charge in [-0.2, -0.15) is 0 Å². The first-order valence-electron chi connectivity index (χ1n) is 9.72. The zero-order chi connectivity index (χ0) is 20.2. The van der Waals surface area contributed by atoms with Crippen molar-refractivity contribution in [1.29, 1.82) is 0 Å². The number of benzene rings is 1. The Morgan fingerprint density at radius 3 is 2.68 bits per heavy atom. The van der Waals surface area contributed by atoms with Gasteiger partial charge in [-0.05, 0) is 38.3 Å². The Bertz CT molecular complexity index is 744. The standard InChI is InChI=1S/C20H32N6O2/c1-5-28-14-8-12-21-20(23-15-19-25-24-16(2)26(19)3)22-13-11-17-9-6-7-10-18(17)27-4/h6-7,9-10H,5,8,11-15H2,1-4H3,(H2,21,22,23). The fourth-order valence-corrected chi connectivity index (χ4v) is 2.66. The molecule has 0 aliphatic carbocycles. The third kappa shape index (κ3) is 6.84. The number of nitrogens with zero attached hydrogens (tertiary/aromatic N) is 4. The van der Waals surface area contributed by atoms with E-state index in [0.29, 0.717) is 6.54 Å². The summed E-state index contributed by atoms with van der Waals surface area (Å²) in [6.45, 7) is 7.41. The van der Waals surface area contributed by atoms with Gasteiger partial charge in [-0.15, -0.1) is 10.2 Å². The van der Waals surface area contributed by atoms with Crippen LogP contribution >= 0.6 is 0 Å². The van der Waals surface area contributed by atoms with Gasteiger partial charge in [0.15, 0.2) is 11.8 Å². The number of aliphatic imine (C=N–C) groups is 1. The molecule has 1 aromatic heterocycles. The Morgan fingerprint density at radius 2 is 1.96 bits per heavy atom. The van der Waals surface area contributed by atoms with Crippen LogP contribution in [0.15, 0.2) is 29.3 Å². The molecule has 0 radical (unpaired) electrons. The van der Waals surface area contributed by atoms with Gasteiger partial charge in [0.2, 0.25) is 0 Å². The van der Waals surface area contributed by atoms with E-state index in [2.05, 4.69) is 31.9 Å². The molecule has 0 saturated carbocycles. The average molecular weight is 389 g/mol. The van der Waals surface area contributed by atoms with Crippen LogP contribution < -0.4 is 15.4 Å². The van der Waals surface area contributed by atoms with E-state index in [1.807, 2.05) is 43.7 Å². The van der Waals surface area contributed by atoms with Crippen LogP contribution in [0.3, 0.4) is 0 Å². The minimum atomic E-state index is 0.465. The molecule has 8 heteroatoms. The summed E-state index contributed by atoms with van der Waals surface area (Å²) >= 11 is 0. The summed E-state index contributed by atoms with van der Waals surface area (Å²) in [5.74, 6) is 3.37. The van der Waals surface area contributed by atoms with Crippen LogP contribution in [0.4, 0.5) is 0 Å². The molecule has 1 aromatic carbocycles. The fourth-order valence-electron chi connectivity index (χ4n) is 2.66. The molecule has 0 spiro atoms. The number of aryl methyl sites for hydroxylation is 1. The van der Waals surface area contributed by atoms with Crippen molar-refractivity contribution in [3.05, 3.63) is 41.5 Å². The second kappa shape index (κ2) is 12.0. The number of aromatic nitrogens is 3. The molecule has 28 heavy (non-hydrogen) atoms. The minimum absolute atomic E-state index is 0.465. The highest BCUT2D eigenvalue weighted by molar-refractivity contribution is 5.79. The molecular weight excluding hydrogens is 356 g/mol. The highest BCUT2D eigenvalue weighted by atomic mass is 16.5. The van der Waals surface area contributed by atoms with Gasteiger partial charge in [-0.3, -0.25) is 0 Å². The number of ether oxygens (including phenoxy) is 2. The SMILES string of the molecule is CCOCCCNC(=NCc1nnc(C)n1C)NCCc1ccccc1OC. The molecule has 0 saturated heterocycles. The normalized spacial score (nSPS) is 11.5. The molecule has 0 amide bonds. The van der Waals surface area contributed by atoms with Gasteiger partial charge in [0.1, 0.15) is 18.1 Å². The molecule has 1 heterocycles. The monoisotopic (exact) mass is 388 g/mol. The Hall–Kier alpha value is -2.61. The molecular formula is C20H32N6O2. The lowest BCUT2D eigenvalue weighted by molar-refractivity contribution is 0.145. The second-order valence-electron chi connectivity index (χ2n) is 6.35. The van der Waals surface area contributed by atoms with Crippen LogP contribution in [0.2, 0.25) is 0 Å². The number of guanidine groups is 1. The van der Waals surface area contributed by atoms with E-state index in [1.54, 1.807) is 7.11 Å². The highest BCUT2D eigenvalue weighted by Gasteiger charge is 2.06. The van der Waals surface area contributed by atoms with Crippen LogP contribution in [0, 0.1) is 6.92 Å². The zero-order valence-electron chi connectivity index (χ0n) is 17.4. The fraction of sp³-hybridized carbons (Fsp3) is 0.550. The maximum Gasteiger partial charge on any atom is 0.191 e. The van der Waals surface area contributed by atoms with Crippen LogP contribution in [0.25, 0.3) is 0 Å². The highest BCUT2D eigenvalue weighted by Crippen LogP contribution is 2.17. The van der Waals surface area contributed by atoms with Crippen molar-refractivity contribution in [3.8, 4) is 5.75 Å². The van der Waals surface area contributed by atoms with Gasteiger partial charge in [-0.25, -0.2) is 4.99 Å². The topological polar surface area (TPSA) is 85.6 Å². The maximum absolute atomic E-state index is 5.42. The minimum Gasteiger partial charge on any atom is -0.496 e. The van der Waals surface area contributed by atoms with Crippen LogP contribution in [0.1, 0.15) is 30.6 Å². The molecule has 8 nitrogen and oxygen atoms in total. The van der Waals surface area contributed by atoms with Crippen molar-refractivity contribution in [3.63, 3.8) is 0 Å². The first kappa shape index (κ1) is 21.7. The van der Waals surface area contributed by atoms with E-state index in [4.69, 9.17) is 9.47 Å². The molecule has 0 aliphatic heterocycles.